The molecule has 100 valence electrons. The van der Waals surface area contributed by atoms with Crippen LogP contribution in [0.4, 0.5) is 5.69 Å². The summed E-state index contributed by atoms with van der Waals surface area (Å²) in [7, 11) is 2.00. The molecule has 0 amide bonds. The average molecular weight is 256 g/mol. The third-order valence-electron chi connectivity index (χ3n) is 3.73. The Morgan fingerprint density at radius 3 is 2.84 bits per heavy atom. The second-order valence-electron chi connectivity index (χ2n) is 5.46. The van der Waals surface area contributed by atoms with Crippen molar-refractivity contribution in [3.05, 3.63) is 41.5 Å². The third kappa shape index (κ3) is 2.11. The lowest BCUT2D eigenvalue weighted by molar-refractivity contribution is 0.611. The van der Waals surface area contributed by atoms with Crippen LogP contribution in [0.5, 0.6) is 0 Å². The Morgan fingerprint density at radius 2 is 2.11 bits per heavy atom. The smallest absolute Gasteiger partial charge is 0.153 e. The largest absolute Gasteiger partial charge is 0.385 e. The fraction of sp³-hybridized carbons (Fsp3) is 0.467. The van der Waals surface area contributed by atoms with Gasteiger partial charge in [-0.25, -0.2) is 4.98 Å². The molecule has 0 bridgehead atoms. The second kappa shape index (κ2) is 4.68. The highest BCUT2D eigenvalue weighted by molar-refractivity contribution is 5.56. The Bertz CT molecular complexity index is 586. The Hall–Kier alpha value is -1.84. The number of aromatic nitrogens is 3. The molecule has 19 heavy (non-hydrogen) atoms. The molecule has 0 fully saturated rings. The Kier molecular flexibility index (Phi) is 3.01. The molecule has 1 aliphatic heterocycles. The van der Waals surface area contributed by atoms with Gasteiger partial charge in [-0.3, -0.25) is 4.68 Å². The van der Waals surface area contributed by atoms with Gasteiger partial charge in [-0.1, -0.05) is 32.0 Å². The molecule has 1 aliphatic rings. The van der Waals surface area contributed by atoms with Crippen LogP contribution >= 0.6 is 0 Å². The summed E-state index contributed by atoms with van der Waals surface area (Å²) in [6, 6.07) is 8.50. The van der Waals surface area contributed by atoms with Crippen molar-refractivity contribution in [3.8, 4) is 0 Å². The Morgan fingerprint density at radius 1 is 1.32 bits per heavy atom. The maximum Gasteiger partial charge on any atom is 0.153 e. The Balaban J connectivity index is 2.04. The molecule has 0 radical (unpaired) electrons. The van der Waals surface area contributed by atoms with E-state index >= 15 is 0 Å². The summed E-state index contributed by atoms with van der Waals surface area (Å²) in [6.07, 6.45) is 1.07. The molecule has 1 aromatic carbocycles. The number of nitrogens with zero attached hydrogens (tertiary/aromatic N) is 3. The van der Waals surface area contributed by atoms with Gasteiger partial charge in [0.05, 0.1) is 0 Å². The molecule has 1 atom stereocenters. The van der Waals surface area contributed by atoms with Crippen molar-refractivity contribution in [2.75, 3.05) is 11.9 Å². The van der Waals surface area contributed by atoms with Gasteiger partial charge in [-0.15, -0.1) is 0 Å². The molecule has 0 saturated heterocycles. The number of hydrogen-bond donors (Lipinski definition) is 1. The first-order valence-corrected chi connectivity index (χ1v) is 6.90. The topological polar surface area (TPSA) is 42.7 Å². The first kappa shape index (κ1) is 12.2. The molecule has 2 aromatic rings. The van der Waals surface area contributed by atoms with Crippen molar-refractivity contribution in [1.82, 2.24) is 14.8 Å². The van der Waals surface area contributed by atoms with Crippen LogP contribution in [0.3, 0.4) is 0 Å². The Labute approximate surface area is 113 Å². The van der Waals surface area contributed by atoms with Gasteiger partial charge in [0.2, 0.25) is 0 Å². The van der Waals surface area contributed by atoms with Gasteiger partial charge in [-0.2, -0.15) is 5.10 Å². The average Bonchev–Trinajstić information content (AvgIpc) is 2.80. The normalized spacial score (nSPS) is 18.2. The van der Waals surface area contributed by atoms with Crippen LogP contribution in [0.2, 0.25) is 0 Å². The molecule has 4 nitrogen and oxygen atoms in total. The standard InChI is InChI=1S/C15H20N4/c1-10(2)14-17-15(19(3)18-14)12-8-9-16-13-7-5-4-6-11(12)13/h4-7,10,12,16H,8-9H2,1-3H3. The van der Waals surface area contributed by atoms with E-state index in [1.807, 2.05) is 11.7 Å². The SMILES string of the molecule is CC(C)c1nc(C2CCNc3ccccc32)n(C)n1. The first-order chi connectivity index (χ1) is 9.16. The molecule has 0 saturated carbocycles. The van der Waals surface area contributed by atoms with Crippen LogP contribution in [0.25, 0.3) is 0 Å². The van der Waals surface area contributed by atoms with Crippen molar-refractivity contribution in [3.63, 3.8) is 0 Å². The predicted octanol–water partition coefficient (Wildman–Crippen LogP) is 2.89. The zero-order valence-corrected chi connectivity index (χ0v) is 11.7. The van der Waals surface area contributed by atoms with E-state index in [9.17, 15) is 0 Å². The van der Waals surface area contributed by atoms with E-state index in [4.69, 9.17) is 4.98 Å². The number of fused-ring (bicyclic) bond motifs is 1. The molecule has 0 aliphatic carbocycles. The molecular weight excluding hydrogens is 236 g/mol. The molecule has 0 spiro atoms. The van der Waals surface area contributed by atoms with Gasteiger partial charge in [-0.05, 0) is 18.1 Å². The van der Waals surface area contributed by atoms with Gasteiger partial charge in [0, 0.05) is 31.1 Å². The van der Waals surface area contributed by atoms with Crippen molar-refractivity contribution in [2.45, 2.75) is 32.1 Å². The lowest BCUT2D eigenvalue weighted by atomic mass is 9.90. The summed E-state index contributed by atoms with van der Waals surface area (Å²) in [5.74, 6) is 2.74. The summed E-state index contributed by atoms with van der Waals surface area (Å²) in [4.78, 5) is 4.76. The highest BCUT2D eigenvalue weighted by atomic mass is 15.3. The zero-order chi connectivity index (χ0) is 13.4. The monoisotopic (exact) mass is 256 g/mol. The van der Waals surface area contributed by atoms with Crippen molar-refractivity contribution < 1.29 is 0 Å². The van der Waals surface area contributed by atoms with E-state index in [1.54, 1.807) is 0 Å². The van der Waals surface area contributed by atoms with Gasteiger partial charge in [0.15, 0.2) is 5.82 Å². The number of hydrogen-bond acceptors (Lipinski definition) is 3. The summed E-state index contributed by atoms with van der Waals surface area (Å²) in [5, 5.41) is 8.00. The van der Waals surface area contributed by atoms with E-state index in [2.05, 4.69) is 48.5 Å². The minimum absolute atomic E-state index is 0.349. The minimum Gasteiger partial charge on any atom is -0.385 e. The van der Waals surface area contributed by atoms with E-state index < -0.39 is 0 Å². The van der Waals surface area contributed by atoms with Gasteiger partial charge >= 0.3 is 0 Å². The summed E-state index contributed by atoms with van der Waals surface area (Å²) in [6.45, 7) is 5.26. The van der Waals surface area contributed by atoms with Gasteiger partial charge in [0.1, 0.15) is 5.82 Å². The van der Waals surface area contributed by atoms with Gasteiger partial charge in [0.25, 0.3) is 0 Å². The van der Waals surface area contributed by atoms with Crippen LogP contribution in [-0.4, -0.2) is 21.3 Å². The van der Waals surface area contributed by atoms with Crippen LogP contribution in [-0.2, 0) is 7.05 Å². The number of rotatable bonds is 2. The molecule has 1 unspecified atom stereocenters. The maximum absolute atomic E-state index is 4.76. The third-order valence-corrected chi connectivity index (χ3v) is 3.73. The number of para-hydroxylation sites is 1. The van der Waals surface area contributed by atoms with E-state index in [0.717, 1.165) is 24.6 Å². The van der Waals surface area contributed by atoms with E-state index in [-0.39, 0.29) is 0 Å². The lowest BCUT2D eigenvalue weighted by Gasteiger charge is -2.25. The van der Waals surface area contributed by atoms with Crippen molar-refractivity contribution in [2.24, 2.45) is 7.05 Å². The molecule has 4 heteroatoms. The summed E-state index contributed by atoms with van der Waals surface area (Å²) < 4.78 is 1.95. The first-order valence-electron chi connectivity index (χ1n) is 6.90. The summed E-state index contributed by atoms with van der Waals surface area (Å²) >= 11 is 0. The maximum atomic E-state index is 4.76. The highest BCUT2D eigenvalue weighted by Gasteiger charge is 2.26. The quantitative estimate of drug-likeness (QED) is 0.898. The minimum atomic E-state index is 0.349. The van der Waals surface area contributed by atoms with E-state index in [0.29, 0.717) is 11.8 Å². The molecule has 1 N–H and O–H groups in total. The van der Waals surface area contributed by atoms with Gasteiger partial charge < -0.3 is 5.32 Å². The molecular formula is C15H20N4. The number of nitrogens with one attached hydrogen (secondary N) is 1. The van der Waals surface area contributed by atoms with E-state index in [1.165, 1.54) is 11.3 Å². The highest BCUT2D eigenvalue weighted by Crippen LogP contribution is 2.35. The fourth-order valence-electron chi connectivity index (χ4n) is 2.70. The zero-order valence-electron chi connectivity index (χ0n) is 11.7. The van der Waals surface area contributed by atoms with Crippen LogP contribution < -0.4 is 5.32 Å². The number of aryl methyl sites for hydroxylation is 1. The second-order valence-corrected chi connectivity index (χ2v) is 5.46. The van der Waals surface area contributed by atoms with Crippen LogP contribution in [0.15, 0.2) is 24.3 Å². The predicted molar refractivity (Wildman–Crippen MR) is 76.5 cm³/mol. The molecule has 3 rings (SSSR count). The number of anilines is 1. The van der Waals surface area contributed by atoms with Crippen LogP contribution in [0, 0.1) is 0 Å². The van der Waals surface area contributed by atoms with Crippen molar-refractivity contribution in [1.29, 1.82) is 0 Å². The van der Waals surface area contributed by atoms with Crippen LogP contribution in [0.1, 0.15) is 49.3 Å². The molecule has 2 heterocycles. The summed E-state index contributed by atoms with van der Waals surface area (Å²) in [5.41, 5.74) is 2.56. The molecule has 1 aromatic heterocycles. The fourth-order valence-corrected chi connectivity index (χ4v) is 2.70. The number of benzene rings is 1. The lowest BCUT2D eigenvalue weighted by Crippen LogP contribution is -2.20. The van der Waals surface area contributed by atoms with Crippen molar-refractivity contribution >= 4 is 5.69 Å².